The number of nitriles is 1. The lowest BCUT2D eigenvalue weighted by molar-refractivity contribution is -0.113. The van der Waals surface area contributed by atoms with Crippen LogP contribution in [0.3, 0.4) is 0 Å². The number of thioether (sulfide) groups is 1. The van der Waals surface area contributed by atoms with E-state index in [1.165, 1.54) is 22.9 Å². The van der Waals surface area contributed by atoms with E-state index in [0.29, 0.717) is 38.5 Å². The Labute approximate surface area is 220 Å². The second-order valence-corrected chi connectivity index (χ2v) is 9.83. The maximum absolute atomic E-state index is 13.7. The Kier molecular flexibility index (Phi) is 8.14. The number of rotatable bonds is 6. The zero-order valence-corrected chi connectivity index (χ0v) is 21.9. The molecule has 1 heterocycles. The molecule has 2 atom stereocenters. The highest BCUT2D eigenvalue weighted by molar-refractivity contribution is 8.13. The zero-order valence-electron chi connectivity index (χ0n) is 20.3. The number of benzene rings is 3. The first-order valence-corrected chi connectivity index (χ1v) is 12.9. The molecule has 0 radical (unpaired) electrons. The summed E-state index contributed by atoms with van der Waals surface area (Å²) in [6.45, 7) is 3.88. The Morgan fingerprint density at radius 1 is 1.08 bits per heavy atom. The monoisotopic (exact) mass is 515 g/mol. The molecular formula is C29H26ClN3O2S. The average Bonchev–Trinajstić information content (AvgIpc) is 2.88. The highest BCUT2D eigenvalue weighted by Gasteiger charge is 2.39. The number of aryl methyl sites for hydroxylation is 1. The van der Waals surface area contributed by atoms with Crippen molar-refractivity contribution in [2.24, 2.45) is 10.9 Å². The van der Waals surface area contributed by atoms with Gasteiger partial charge in [0, 0.05) is 28.0 Å². The normalized spacial score (nSPS) is 17.2. The predicted molar refractivity (Wildman–Crippen MR) is 148 cm³/mol. The van der Waals surface area contributed by atoms with Gasteiger partial charge in [-0.3, -0.25) is 4.79 Å². The van der Waals surface area contributed by atoms with Crippen LogP contribution in [0, 0.1) is 24.2 Å². The van der Waals surface area contributed by atoms with Crippen LogP contribution in [0.1, 0.15) is 29.5 Å². The molecule has 0 fully saturated rings. The highest BCUT2D eigenvalue weighted by atomic mass is 35.5. The lowest BCUT2D eigenvalue weighted by atomic mass is 9.78. The van der Waals surface area contributed by atoms with E-state index in [0.717, 1.165) is 5.56 Å². The van der Waals surface area contributed by atoms with Gasteiger partial charge in [-0.25, -0.2) is 4.99 Å². The third kappa shape index (κ3) is 5.33. The van der Waals surface area contributed by atoms with Gasteiger partial charge in [0.1, 0.15) is 11.7 Å². The molecule has 3 aromatic carbocycles. The van der Waals surface area contributed by atoms with Crippen molar-refractivity contribution >= 4 is 40.0 Å². The van der Waals surface area contributed by atoms with Gasteiger partial charge in [-0.1, -0.05) is 66.2 Å². The van der Waals surface area contributed by atoms with Crippen LogP contribution < -0.4 is 10.1 Å². The second-order valence-electron chi connectivity index (χ2n) is 8.42. The van der Waals surface area contributed by atoms with Crippen LogP contribution in [0.5, 0.6) is 5.75 Å². The van der Waals surface area contributed by atoms with Crippen LogP contribution in [-0.4, -0.2) is 18.1 Å². The lowest BCUT2D eigenvalue weighted by Crippen LogP contribution is -2.31. The maximum Gasteiger partial charge on any atom is 0.254 e. The molecular weight excluding hydrogens is 490 g/mol. The fourth-order valence-electron chi connectivity index (χ4n) is 4.31. The molecule has 1 aliphatic heterocycles. The Morgan fingerprint density at radius 3 is 2.50 bits per heavy atom. The number of allylic oxidation sites excluding steroid dienone is 1. The third-order valence-corrected chi connectivity index (χ3v) is 7.63. The summed E-state index contributed by atoms with van der Waals surface area (Å²) < 4.78 is 5.40. The van der Waals surface area contributed by atoms with E-state index < -0.39 is 11.8 Å². The highest BCUT2D eigenvalue weighted by Crippen LogP contribution is 2.44. The van der Waals surface area contributed by atoms with Gasteiger partial charge in [0.2, 0.25) is 0 Å². The molecule has 4 rings (SSSR count). The number of nitrogens with zero attached hydrogens (tertiary/aromatic N) is 2. The SMILES string of the molecule is COc1ccccc1NC(=O)C1=C(C)N=C(SCc2ccccc2C)C(C#N)C1c1ccccc1Cl. The minimum absolute atomic E-state index is 0.339. The Balaban J connectivity index is 1.76. The number of amides is 1. The van der Waals surface area contributed by atoms with Crippen molar-refractivity contribution < 1.29 is 9.53 Å². The van der Waals surface area contributed by atoms with Crippen LogP contribution >= 0.6 is 23.4 Å². The maximum atomic E-state index is 13.7. The molecule has 0 bridgehead atoms. The summed E-state index contributed by atoms with van der Waals surface area (Å²) >= 11 is 8.14. The standard InChI is InChI=1S/C29H26ClN3O2S/c1-18-10-4-5-11-20(18)17-36-29-22(16-31)27(21-12-6-7-13-23(21)30)26(19(2)32-29)28(34)33-24-14-8-9-15-25(24)35-3/h4-15,22,27H,17H2,1-3H3,(H,33,34). The second kappa shape index (κ2) is 11.5. The Bertz CT molecular complexity index is 1390. The minimum atomic E-state index is -0.666. The van der Waals surface area contributed by atoms with E-state index in [1.807, 2.05) is 49.4 Å². The van der Waals surface area contributed by atoms with Crippen LogP contribution in [-0.2, 0) is 10.5 Å². The van der Waals surface area contributed by atoms with E-state index in [2.05, 4.69) is 30.4 Å². The third-order valence-electron chi connectivity index (χ3n) is 6.19. The first-order chi connectivity index (χ1) is 17.4. The van der Waals surface area contributed by atoms with Gasteiger partial charge in [0.05, 0.1) is 23.9 Å². The van der Waals surface area contributed by atoms with Crippen molar-refractivity contribution in [3.8, 4) is 11.8 Å². The molecule has 36 heavy (non-hydrogen) atoms. The van der Waals surface area contributed by atoms with Gasteiger partial charge in [0.25, 0.3) is 5.91 Å². The molecule has 7 heteroatoms. The van der Waals surface area contributed by atoms with E-state index in [9.17, 15) is 10.1 Å². The smallest absolute Gasteiger partial charge is 0.254 e. The van der Waals surface area contributed by atoms with Gasteiger partial charge in [-0.2, -0.15) is 5.26 Å². The average molecular weight is 516 g/mol. The van der Waals surface area contributed by atoms with Crippen molar-refractivity contribution in [3.63, 3.8) is 0 Å². The zero-order chi connectivity index (χ0) is 25.7. The molecule has 182 valence electrons. The van der Waals surface area contributed by atoms with Crippen molar-refractivity contribution in [2.75, 3.05) is 12.4 Å². The van der Waals surface area contributed by atoms with E-state index in [-0.39, 0.29) is 5.91 Å². The number of para-hydroxylation sites is 2. The van der Waals surface area contributed by atoms with E-state index in [4.69, 9.17) is 21.3 Å². The Morgan fingerprint density at radius 2 is 1.78 bits per heavy atom. The molecule has 0 aliphatic carbocycles. The number of anilines is 1. The number of halogens is 1. The molecule has 0 saturated carbocycles. The molecule has 1 aliphatic rings. The first kappa shape index (κ1) is 25.6. The number of carbonyl (C=O) groups excluding carboxylic acids is 1. The van der Waals surface area contributed by atoms with Crippen LogP contribution in [0.2, 0.25) is 5.02 Å². The number of methoxy groups -OCH3 is 1. The molecule has 3 aromatic rings. The summed E-state index contributed by atoms with van der Waals surface area (Å²) in [5.74, 6) is -0.358. The fourth-order valence-corrected chi connectivity index (χ4v) is 5.76. The quantitative estimate of drug-likeness (QED) is 0.378. The van der Waals surface area contributed by atoms with Crippen LogP contribution in [0.4, 0.5) is 5.69 Å². The fraction of sp³-hybridized carbons (Fsp3) is 0.207. The van der Waals surface area contributed by atoms with Gasteiger partial charge >= 0.3 is 0 Å². The molecule has 5 nitrogen and oxygen atoms in total. The summed E-state index contributed by atoms with van der Waals surface area (Å²) in [6, 6.07) is 25.1. The number of aliphatic imine (C=N–C) groups is 1. The predicted octanol–water partition coefficient (Wildman–Crippen LogP) is 7.14. The van der Waals surface area contributed by atoms with Crippen molar-refractivity contribution in [1.29, 1.82) is 5.26 Å². The Hall–Kier alpha value is -3.53. The summed E-state index contributed by atoms with van der Waals surface area (Å²) in [5.41, 5.74) is 4.60. The van der Waals surface area contributed by atoms with Gasteiger partial charge in [0.15, 0.2) is 0 Å². The van der Waals surface area contributed by atoms with Crippen molar-refractivity contribution in [3.05, 3.63) is 106 Å². The summed E-state index contributed by atoms with van der Waals surface area (Å²) in [5, 5.41) is 14.5. The van der Waals surface area contributed by atoms with Gasteiger partial charge in [-0.15, -0.1) is 11.8 Å². The topological polar surface area (TPSA) is 74.5 Å². The summed E-state index contributed by atoms with van der Waals surface area (Å²) in [4.78, 5) is 18.5. The van der Waals surface area contributed by atoms with Gasteiger partial charge < -0.3 is 10.1 Å². The molecule has 1 amide bonds. The van der Waals surface area contributed by atoms with Crippen molar-refractivity contribution in [2.45, 2.75) is 25.5 Å². The molecule has 0 spiro atoms. The van der Waals surface area contributed by atoms with E-state index >= 15 is 0 Å². The van der Waals surface area contributed by atoms with Crippen LogP contribution in [0.25, 0.3) is 0 Å². The van der Waals surface area contributed by atoms with Gasteiger partial charge in [-0.05, 0) is 48.7 Å². The molecule has 1 N–H and O–H groups in total. The van der Waals surface area contributed by atoms with Crippen molar-refractivity contribution in [1.82, 2.24) is 0 Å². The largest absolute Gasteiger partial charge is 0.495 e. The number of hydrogen-bond donors (Lipinski definition) is 1. The summed E-state index contributed by atoms with van der Waals surface area (Å²) in [6.07, 6.45) is 0. The van der Waals surface area contributed by atoms with Crippen LogP contribution in [0.15, 0.2) is 89.1 Å². The number of hydrogen-bond acceptors (Lipinski definition) is 5. The van der Waals surface area contributed by atoms with E-state index in [1.54, 1.807) is 25.3 Å². The molecule has 0 aromatic heterocycles. The summed E-state index contributed by atoms with van der Waals surface area (Å²) in [7, 11) is 1.55. The number of carbonyl (C=O) groups is 1. The first-order valence-electron chi connectivity index (χ1n) is 11.5. The minimum Gasteiger partial charge on any atom is -0.495 e. The lowest BCUT2D eigenvalue weighted by Gasteiger charge is -2.31. The number of ether oxygens (including phenoxy) is 1. The molecule has 2 unspecified atom stereocenters. The number of nitrogens with one attached hydrogen (secondary N) is 1. The molecule has 0 saturated heterocycles.